The van der Waals surface area contributed by atoms with Crippen molar-refractivity contribution >= 4 is 79.2 Å². The third-order valence-corrected chi connectivity index (χ3v) is 20.5. The Balaban J connectivity index is 1.00. The summed E-state index contributed by atoms with van der Waals surface area (Å²) in [6, 6.07) is 141. The minimum Gasteiger partial charge on any atom is -0.455 e. The second-order valence-electron chi connectivity index (χ2n) is 26.1. The van der Waals surface area contributed by atoms with Gasteiger partial charge >= 0.3 is 0 Å². The molecular formula is C96H63BN2O. The summed E-state index contributed by atoms with van der Waals surface area (Å²) in [6.45, 7) is -0.262. The monoisotopic (exact) mass is 1270 g/mol. The van der Waals surface area contributed by atoms with Crippen molar-refractivity contribution in [2.45, 2.75) is 0 Å². The van der Waals surface area contributed by atoms with Crippen LogP contribution in [0.2, 0.25) is 0 Å². The molecule has 0 amide bonds. The second-order valence-corrected chi connectivity index (χ2v) is 26.1. The Morgan fingerprint density at radius 1 is 0.200 bits per heavy atom. The molecule has 3 nitrogen and oxygen atoms in total. The molecule has 2 aliphatic heterocycles. The summed E-state index contributed by atoms with van der Waals surface area (Å²) in [5, 5.41) is 2.13. The van der Waals surface area contributed by atoms with Crippen LogP contribution >= 0.6 is 0 Å². The molecule has 0 N–H and O–H groups in total. The maximum absolute atomic E-state index is 6.99. The zero-order chi connectivity index (χ0) is 66.0. The third kappa shape index (κ3) is 9.91. The Morgan fingerprint density at radius 2 is 0.500 bits per heavy atom. The van der Waals surface area contributed by atoms with Crippen molar-refractivity contribution in [1.82, 2.24) is 0 Å². The third-order valence-electron chi connectivity index (χ3n) is 20.5. The molecule has 4 heteroatoms. The lowest BCUT2D eigenvalue weighted by Gasteiger charge is -2.46. The van der Waals surface area contributed by atoms with Crippen molar-refractivity contribution in [3.8, 4) is 111 Å². The topological polar surface area (TPSA) is 19.6 Å². The minimum atomic E-state index is -0.262. The molecule has 0 unspecified atom stereocenters. The van der Waals surface area contributed by atoms with Crippen LogP contribution in [-0.2, 0) is 0 Å². The van der Waals surface area contributed by atoms with E-state index in [2.05, 4.69) is 392 Å². The van der Waals surface area contributed by atoms with Crippen molar-refractivity contribution in [2.24, 2.45) is 0 Å². The summed E-state index contributed by atoms with van der Waals surface area (Å²) in [6.07, 6.45) is 0. The quantitative estimate of drug-likeness (QED) is 0.114. The van der Waals surface area contributed by atoms with Gasteiger partial charge in [0.05, 0.1) is 11.4 Å². The summed E-state index contributed by atoms with van der Waals surface area (Å²) in [4.78, 5) is 5.35. The molecule has 0 aliphatic carbocycles. The molecule has 2 aliphatic rings. The first kappa shape index (κ1) is 58.3. The molecule has 0 radical (unpaired) electrons. The zero-order valence-corrected chi connectivity index (χ0v) is 54.8. The lowest BCUT2D eigenvalue weighted by atomic mass is 9.33. The molecule has 16 aromatic carbocycles. The van der Waals surface area contributed by atoms with Crippen LogP contribution in [0.15, 0.2) is 387 Å². The predicted octanol–water partition coefficient (Wildman–Crippen LogP) is 24.3. The van der Waals surface area contributed by atoms with Gasteiger partial charge in [0.2, 0.25) is 0 Å². The molecule has 3 heterocycles. The van der Waals surface area contributed by atoms with Gasteiger partial charge < -0.3 is 14.2 Å². The minimum absolute atomic E-state index is 0.262. The van der Waals surface area contributed by atoms with Gasteiger partial charge in [0.15, 0.2) is 0 Å². The number of para-hydroxylation sites is 3. The van der Waals surface area contributed by atoms with Gasteiger partial charge in [-0.15, -0.1) is 0 Å². The molecule has 19 rings (SSSR count). The number of furan rings is 1. The first-order valence-electron chi connectivity index (χ1n) is 34.5. The van der Waals surface area contributed by atoms with Crippen LogP contribution in [-0.4, -0.2) is 6.71 Å². The van der Waals surface area contributed by atoms with Crippen LogP contribution in [0.1, 0.15) is 0 Å². The molecule has 100 heavy (non-hydrogen) atoms. The largest absolute Gasteiger partial charge is 0.455 e. The number of benzene rings is 16. The molecule has 1 aromatic heterocycles. The Labute approximate surface area is 583 Å². The fourth-order valence-corrected chi connectivity index (χ4v) is 16.0. The van der Waals surface area contributed by atoms with Gasteiger partial charge in [0.25, 0.3) is 6.71 Å². The van der Waals surface area contributed by atoms with Gasteiger partial charge in [0.1, 0.15) is 11.2 Å². The highest BCUT2D eigenvalue weighted by molar-refractivity contribution is 7.00. The van der Waals surface area contributed by atoms with Gasteiger partial charge in [-0.3, -0.25) is 0 Å². The first-order chi connectivity index (χ1) is 49.6. The van der Waals surface area contributed by atoms with E-state index in [0.29, 0.717) is 0 Å². The Hall–Kier alpha value is -13.0. The maximum Gasteiger partial charge on any atom is 0.252 e. The van der Waals surface area contributed by atoms with Crippen molar-refractivity contribution in [3.63, 3.8) is 0 Å². The van der Waals surface area contributed by atoms with E-state index in [9.17, 15) is 0 Å². The lowest BCUT2D eigenvalue weighted by Crippen LogP contribution is -2.61. The highest BCUT2D eigenvalue weighted by atomic mass is 16.3. The summed E-state index contributed by atoms with van der Waals surface area (Å²) < 4.78 is 6.99. The number of rotatable bonds is 12. The van der Waals surface area contributed by atoms with Crippen LogP contribution in [0.4, 0.5) is 34.1 Å². The smallest absolute Gasteiger partial charge is 0.252 e. The number of nitrogens with zero attached hydrogens (tertiary/aromatic N) is 2. The molecule has 17 aromatic rings. The van der Waals surface area contributed by atoms with E-state index in [0.717, 1.165) is 145 Å². The lowest BCUT2D eigenvalue weighted by molar-refractivity contribution is 0.670. The van der Waals surface area contributed by atoms with Gasteiger partial charge in [-0.25, -0.2) is 0 Å². The van der Waals surface area contributed by atoms with E-state index in [1.165, 1.54) is 38.6 Å². The van der Waals surface area contributed by atoms with Crippen molar-refractivity contribution in [3.05, 3.63) is 382 Å². The van der Waals surface area contributed by atoms with E-state index in [1.54, 1.807) is 0 Å². The number of fused-ring (bicyclic) bond motifs is 7. The molecule has 0 fully saturated rings. The van der Waals surface area contributed by atoms with E-state index in [1.807, 2.05) is 0 Å². The normalized spacial score (nSPS) is 12.1. The van der Waals surface area contributed by atoms with Gasteiger partial charge in [0, 0.05) is 61.3 Å². The number of hydrogen-bond donors (Lipinski definition) is 0. The Morgan fingerprint density at radius 3 is 0.890 bits per heavy atom. The summed E-state index contributed by atoms with van der Waals surface area (Å²) in [5.41, 5.74) is 34.4. The SMILES string of the molecule is c1ccc(-c2ccccc2-c2ccc3c(c2)N(c2c(-c4ccccc4)cccc2-c2ccccc2)c2cc(-c4cc(-c5ccccc5)c5oc6ccccc6c5c4)cc4c2B3c2ccc(-c3ccccc3-c3ccccc3)cc2N4c2c(-c3ccccc3)cccc2-c2ccccc2)cc1. The Bertz CT molecular complexity index is 5550. The van der Waals surface area contributed by atoms with Crippen LogP contribution in [0, 0.1) is 0 Å². The van der Waals surface area contributed by atoms with Crippen LogP contribution in [0.3, 0.4) is 0 Å². The van der Waals surface area contributed by atoms with Crippen molar-refractivity contribution < 1.29 is 4.42 Å². The predicted molar refractivity (Wildman–Crippen MR) is 422 cm³/mol. The van der Waals surface area contributed by atoms with Crippen LogP contribution in [0.25, 0.3) is 133 Å². The average molecular weight is 1270 g/mol. The highest BCUT2D eigenvalue weighted by Crippen LogP contribution is 2.55. The van der Waals surface area contributed by atoms with Crippen LogP contribution in [0.5, 0.6) is 0 Å². The molecule has 0 bridgehead atoms. The zero-order valence-electron chi connectivity index (χ0n) is 54.8. The molecule has 0 saturated heterocycles. The summed E-state index contributed by atoms with van der Waals surface area (Å²) in [7, 11) is 0. The molecule has 0 atom stereocenters. The highest BCUT2D eigenvalue weighted by Gasteiger charge is 2.46. The molecular weight excluding hydrogens is 1210 g/mol. The molecule has 0 saturated carbocycles. The van der Waals surface area contributed by atoms with Crippen molar-refractivity contribution in [2.75, 3.05) is 9.80 Å². The van der Waals surface area contributed by atoms with Crippen molar-refractivity contribution in [1.29, 1.82) is 0 Å². The van der Waals surface area contributed by atoms with E-state index < -0.39 is 0 Å². The molecule has 0 spiro atoms. The van der Waals surface area contributed by atoms with E-state index in [-0.39, 0.29) is 6.71 Å². The maximum atomic E-state index is 6.99. The van der Waals surface area contributed by atoms with E-state index >= 15 is 0 Å². The fraction of sp³-hybridized carbons (Fsp3) is 0. The second kappa shape index (κ2) is 24.6. The average Bonchev–Trinajstić information content (AvgIpc) is 0.806. The fourth-order valence-electron chi connectivity index (χ4n) is 16.0. The number of hydrogen-bond acceptors (Lipinski definition) is 3. The number of anilines is 6. The molecule has 466 valence electrons. The first-order valence-corrected chi connectivity index (χ1v) is 34.5. The standard InChI is InChI=1S/C96H63BN2O/c1-8-30-64(31-9-1)75-44-22-24-46-77(75)71-54-56-86-88(60-71)98(94-79(66-34-12-3-13-35-66)49-28-50-80(94)67-36-14-4-15-37-67)90-62-74(73-58-84(70-42-20-7-21-43-70)96-85(59-73)83-48-26-27-53-92(83)100-96)63-91-93(90)97(86)87-57-55-72(78-47-25-23-45-76(78)65-32-10-2-11-33-65)61-89(87)99(91)95-81(68-38-16-5-17-39-68)51-29-52-82(95)69-40-18-6-19-41-69/h1-63H. The van der Waals surface area contributed by atoms with Gasteiger partial charge in [-0.2, -0.15) is 0 Å². The summed E-state index contributed by atoms with van der Waals surface area (Å²) in [5.74, 6) is 0. The summed E-state index contributed by atoms with van der Waals surface area (Å²) >= 11 is 0. The van der Waals surface area contributed by atoms with Crippen LogP contribution < -0.4 is 26.2 Å². The van der Waals surface area contributed by atoms with Gasteiger partial charge in [-0.05, 0) is 142 Å². The van der Waals surface area contributed by atoms with Gasteiger partial charge in [-0.1, -0.05) is 340 Å². The Kier molecular flexibility index (Phi) is 14.3. The van der Waals surface area contributed by atoms with E-state index in [4.69, 9.17) is 4.42 Å².